The Balaban J connectivity index is 0.00000210. The maximum atomic E-state index is 12.8. The van der Waals surface area contributed by atoms with Gasteiger partial charge in [0.25, 0.3) is 5.91 Å². The highest BCUT2D eigenvalue weighted by Crippen LogP contribution is 2.29. The smallest absolute Gasteiger partial charge is 0.252 e. The number of nitrogens with one attached hydrogen (secondary N) is 2. The molecule has 1 aromatic carbocycles. The molecule has 7 heteroatoms. The summed E-state index contributed by atoms with van der Waals surface area (Å²) in [5.74, 6) is 0.487. The van der Waals surface area contributed by atoms with Gasteiger partial charge >= 0.3 is 0 Å². The van der Waals surface area contributed by atoms with E-state index in [1.54, 1.807) is 24.5 Å². The van der Waals surface area contributed by atoms with Crippen LogP contribution < -0.4 is 10.6 Å². The fraction of sp³-hybridized carbons (Fsp3) is 0.300. The van der Waals surface area contributed by atoms with E-state index in [2.05, 4.69) is 15.6 Å². The molecular formula is C20H21Cl2N3O2. The summed E-state index contributed by atoms with van der Waals surface area (Å²) < 4.78 is 5.45. The molecule has 1 atom stereocenters. The fourth-order valence-electron chi connectivity index (χ4n) is 3.41. The van der Waals surface area contributed by atoms with E-state index < -0.39 is 0 Å². The molecule has 1 fully saturated rings. The van der Waals surface area contributed by atoms with E-state index >= 15 is 0 Å². The van der Waals surface area contributed by atoms with Crippen LogP contribution in [0.4, 0.5) is 0 Å². The third-order valence-electron chi connectivity index (χ3n) is 4.75. The van der Waals surface area contributed by atoms with Crippen molar-refractivity contribution < 1.29 is 9.21 Å². The van der Waals surface area contributed by atoms with Crippen molar-refractivity contribution in [2.24, 2.45) is 0 Å². The number of carbonyl (C=O) groups excluding carboxylic acids is 1. The van der Waals surface area contributed by atoms with Crippen LogP contribution in [0.2, 0.25) is 5.02 Å². The van der Waals surface area contributed by atoms with E-state index in [9.17, 15) is 4.79 Å². The lowest BCUT2D eigenvalue weighted by molar-refractivity contribution is 0.0954. The first kappa shape index (κ1) is 19.7. The second kappa shape index (κ2) is 8.74. The first-order valence-corrected chi connectivity index (χ1v) is 9.25. The Bertz CT molecular complexity index is 922. The first-order valence-electron chi connectivity index (χ1n) is 8.87. The monoisotopic (exact) mass is 405 g/mol. The third-order valence-corrected chi connectivity index (χ3v) is 5.05. The van der Waals surface area contributed by atoms with Crippen molar-refractivity contribution in [3.63, 3.8) is 0 Å². The van der Waals surface area contributed by atoms with Crippen LogP contribution in [0, 0.1) is 0 Å². The van der Waals surface area contributed by atoms with Crippen LogP contribution in [0.1, 0.15) is 29.6 Å². The molecule has 0 unspecified atom stereocenters. The molecule has 0 radical (unpaired) electrons. The van der Waals surface area contributed by atoms with Crippen molar-refractivity contribution in [2.45, 2.75) is 25.3 Å². The number of fused-ring (bicyclic) bond motifs is 1. The Morgan fingerprint density at radius 2 is 2.22 bits per heavy atom. The van der Waals surface area contributed by atoms with Gasteiger partial charge in [-0.15, -0.1) is 12.4 Å². The normalized spacial score (nSPS) is 16.3. The summed E-state index contributed by atoms with van der Waals surface area (Å²) in [6.45, 7) is 1.70. The quantitative estimate of drug-likeness (QED) is 0.658. The highest BCUT2D eigenvalue weighted by atomic mass is 35.5. The summed E-state index contributed by atoms with van der Waals surface area (Å²) >= 11 is 6.32. The van der Waals surface area contributed by atoms with Crippen molar-refractivity contribution in [1.82, 2.24) is 15.6 Å². The number of halogens is 2. The molecule has 5 nitrogen and oxygen atoms in total. The summed E-state index contributed by atoms with van der Waals surface area (Å²) in [6, 6.07) is 11.3. The van der Waals surface area contributed by atoms with Gasteiger partial charge in [-0.05, 0) is 50.1 Å². The molecule has 0 saturated carbocycles. The number of pyridine rings is 1. The molecular weight excluding hydrogens is 385 g/mol. The number of hydrogen-bond donors (Lipinski definition) is 2. The van der Waals surface area contributed by atoms with Gasteiger partial charge in [0.2, 0.25) is 0 Å². The van der Waals surface area contributed by atoms with Crippen LogP contribution in [0.25, 0.3) is 22.4 Å². The summed E-state index contributed by atoms with van der Waals surface area (Å²) in [6.07, 6.45) is 4.90. The largest absolute Gasteiger partial charge is 0.463 e. The predicted molar refractivity (Wildman–Crippen MR) is 110 cm³/mol. The molecule has 1 amide bonds. The molecule has 142 valence electrons. The molecule has 0 spiro atoms. The molecule has 3 aromatic rings. The van der Waals surface area contributed by atoms with Gasteiger partial charge in [-0.3, -0.25) is 4.79 Å². The number of rotatable bonds is 5. The van der Waals surface area contributed by atoms with Crippen molar-refractivity contribution in [2.75, 3.05) is 13.1 Å². The number of aromatic nitrogens is 1. The van der Waals surface area contributed by atoms with E-state index in [1.807, 2.05) is 18.2 Å². The average Bonchev–Trinajstić information content (AvgIpc) is 3.35. The molecule has 2 N–H and O–H groups in total. The Morgan fingerprint density at radius 3 is 2.96 bits per heavy atom. The summed E-state index contributed by atoms with van der Waals surface area (Å²) in [5.41, 5.74) is 1.76. The maximum absolute atomic E-state index is 12.8. The molecule has 27 heavy (non-hydrogen) atoms. The summed E-state index contributed by atoms with van der Waals surface area (Å²) in [7, 11) is 0. The Kier molecular flexibility index (Phi) is 6.37. The number of furan rings is 1. The third kappa shape index (κ3) is 4.26. The molecule has 1 saturated heterocycles. The number of benzene rings is 1. The first-order chi connectivity index (χ1) is 12.7. The van der Waals surface area contributed by atoms with Gasteiger partial charge < -0.3 is 15.1 Å². The predicted octanol–water partition coefficient (Wildman–Crippen LogP) is 4.44. The summed E-state index contributed by atoms with van der Waals surface area (Å²) in [5, 5.41) is 7.73. The molecule has 3 heterocycles. The SMILES string of the molecule is Cl.O=C(NCC[C@@H]1CCCN1)c1cc(-c2ccco2)nc2c(Cl)cccc12. The molecule has 0 bridgehead atoms. The van der Waals surface area contributed by atoms with Crippen LogP contribution in [0.15, 0.2) is 47.1 Å². The zero-order valence-electron chi connectivity index (χ0n) is 14.7. The van der Waals surface area contributed by atoms with Gasteiger partial charge in [0, 0.05) is 18.0 Å². The van der Waals surface area contributed by atoms with Gasteiger partial charge in [0.1, 0.15) is 5.69 Å². The number of carbonyl (C=O) groups is 1. The van der Waals surface area contributed by atoms with Gasteiger partial charge in [0.05, 0.1) is 22.4 Å². The second-order valence-corrected chi connectivity index (χ2v) is 6.91. The lowest BCUT2D eigenvalue weighted by Gasteiger charge is -2.13. The average molecular weight is 406 g/mol. The lowest BCUT2D eigenvalue weighted by atomic mass is 10.1. The van der Waals surface area contributed by atoms with Crippen LogP contribution in [-0.2, 0) is 0 Å². The second-order valence-electron chi connectivity index (χ2n) is 6.51. The van der Waals surface area contributed by atoms with Crippen LogP contribution in [0.3, 0.4) is 0 Å². The molecule has 2 aromatic heterocycles. The number of hydrogen-bond acceptors (Lipinski definition) is 4. The topological polar surface area (TPSA) is 67.2 Å². The van der Waals surface area contributed by atoms with Gasteiger partial charge in [-0.1, -0.05) is 23.7 Å². The number of nitrogens with zero attached hydrogens (tertiary/aromatic N) is 1. The Hall–Kier alpha value is -2.08. The van der Waals surface area contributed by atoms with Crippen molar-refractivity contribution in [3.8, 4) is 11.5 Å². The minimum Gasteiger partial charge on any atom is -0.463 e. The van der Waals surface area contributed by atoms with E-state index in [1.165, 1.54) is 12.8 Å². The van der Waals surface area contributed by atoms with Crippen molar-refractivity contribution in [1.29, 1.82) is 0 Å². The van der Waals surface area contributed by atoms with Crippen molar-refractivity contribution >= 4 is 40.8 Å². The Labute approximate surface area is 168 Å². The van der Waals surface area contributed by atoms with Gasteiger partial charge in [-0.2, -0.15) is 0 Å². The van der Waals surface area contributed by atoms with Crippen LogP contribution in [-0.4, -0.2) is 30.0 Å². The van der Waals surface area contributed by atoms with Gasteiger partial charge in [-0.25, -0.2) is 4.98 Å². The van der Waals surface area contributed by atoms with Crippen molar-refractivity contribution in [3.05, 3.63) is 53.2 Å². The minimum atomic E-state index is -0.120. The van der Waals surface area contributed by atoms with Gasteiger partial charge in [0.15, 0.2) is 5.76 Å². The summed E-state index contributed by atoms with van der Waals surface area (Å²) in [4.78, 5) is 17.4. The fourth-order valence-corrected chi connectivity index (χ4v) is 3.63. The maximum Gasteiger partial charge on any atom is 0.252 e. The van der Waals surface area contributed by atoms with E-state index in [0.717, 1.165) is 18.4 Å². The molecule has 0 aliphatic carbocycles. The number of amides is 1. The van der Waals surface area contributed by atoms with Crippen LogP contribution in [0.5, 0.6) is 0 Å². The minimum absolute atomic E-state index is 0. The zero-order valence-corrected chi connectivity index (χ0v) is 16.3. The molecule has 4 rings (SSSR count). The van der Waals surface area contributed by atoms with E-state index in [4.69, 9.17) is 16.0 Å². The highest BCUT2D eigenvalue weighted by molar-refractivity contribution is 6.35. The van der Waals surface area contributed by atoms with E-state index in [0.29, 0.717) is 40.1 Å². The Morgan fingerprint density at radius 1 is 1.33 bits per heavy atom. The van der Waals surface area contributed by atoms with E-state index in [-0.39, 0.29) is 18.3 Å². The molecule has 1 aliphatic heterocycles. The zero-order chi connectivity index (χ0) is 17.9. The lowest BCUT2D eigenvalue weighted by Crippen LogP contribution is -2.30. The standard InChI is InChI=1S/C20H20ClN3O2.ClH/c21-16-6-1-5-14-15(20(25)23-10-8-13-4-2-9-22-13)12-17(24-19(14)16)18-7-3-11-26-18;/h1,3,5-7,11-13,22H,2,4,8-10H2,(H,23,25);1H/t13-;/m0./s1. The highest BCUT2D eigenvalue weighted by Gasteiger charge is 2.18. The van der Waals surface area contributed by atoms with Crippen LogP contribution >= 0.6 is 24.0 Å². The molecule has 1 aliphatic rings. The number of para-hydroxylation sites is 1.